The fourth-order valence-corrected chi connectivity index (χ4v) is 3.96. The summed E-state index contributed by atoms with van der Waals surface area (Å²) in [5.41, 5.74) is 2.40. The van der Waals surface area contributed by atoms with Gasteiger partial charge >= 0.3 is 0 Å². The normalized spacial score (nSPS) is 22.2. The molecule has 0 amide bonds. The van der Waals surface area contributed by atoms with Gasteiger partial charge in [0.05, 0.1) is 0 Å². The van der Waals surface area contributed by atoms with E-state index in [1.807, 2.05) is 24.3 Å². The molecule has 2 aromatic rings. The van der Waals surface area contributed by atoms with Gasteiger partial charge < -0.3 is 5.32 Å². The molecule has 4 heteroatoms. The first-order valence-corrected chi connectivity index (χ1v) is 8.23. The maximum Gasteiger partial charge on any atom is 0.124 e. The lowest BCUT2D eigenvalue weighted by Crippen LogP contribution is -2.34. The van der Waals surface area contributed by atoms with Crippen molar-refractivity contribution in [2.45, 2.75) is 18.3 Å². The number of halogens is 3. The summed E-state index contributed by atoms with van der Waals surface area (Å²) in [6, 6.07) is 13.0. The largest absolute Gasteiger partial charge is 0.316 e. The van der Waals surface area contributed by atoms with Crippen LogP contribution >= 0.6 is 27.5 Å². The Morgan fingerprint density at radius 2 is 2.00 bits per heavy atom. The Morgan fingerprint density at radius 1 is 1.14 bits per heavy atom. The van der Waals surface area contributed by atoms with Crippen LogP contribution in [0.4, 0.5) is 4.39 Å². The van der Waals surface area contributed by atoms with Crippen LogP contribution in [0.2, 0.25) is 5.02 Å². The van der Waals surface area contributed by atoms with Crippen LogP contribution in [-0.4, -0.2) is 13.1 Å². The van der Waals surface area contributed by atoms with E-state index in [0.29, 0.717) is 11.8 Å². The lowest BCUT2D eigenvalue weighted by atomic mass is 9.77. The van der Waals surface area contributed by atoms with Gasteiger partial charge in [-0.2, -0.15) is 0 Å². The van der Waals surface area contributed by atoms with Crippen LogP contribution in [0.1, 0.15) is 29.4 Å². The van der Waals surface area contributed by atoms with Crippen LogP contribution in [0.3, 0.4) is 0 Å². The van der Waals surface area contributed by atoms with Crippen molar-refractivity contribution in [3.05, 3.63) is 68.9 Å². The smallest absolute Gasteiger partial charge is 0.124 e. The third-order valence-electron chi connectivity index (χ3n) is 4.12. The maximum atomic E-state index is 13.3. The summed E-state index contributed by atoms with van der Waals surface area (Å²) < 4.78 is 14.2. The van der Waals surface area contributed by atoms with Crippen molar-refractivity contribution in [3.8, 4) is 0 Å². The molecule has 1 N–H and O–H groups in total. The molecule has 2 unspecified atom stereocenters. The number of piperidine rings is 1. The van der Waals surface area contributed by atoms with E-state index in [-0.39, 0.29) is 5.82 Å². The maximum absolute atomic E-state index is 13.3. The first kappa shape index (κ1) is 15.0. The Bertz CT molecular complexity index is 646. The van der Waals surface area contributed by atoms with Crippen LogP contribution in [0.5, 0.6) is 0 Å². The third-order valence-corrected chi connectivity index (χ3v) is 5.04. The van der Waals surface area contributed by atoms with E-state index >= 15 is 0 Å². The van der Waals surface area contributed by atoms with E-state index in [2.05, 4.69) is 27.3 Å². The van der Waals surface area contributed by atoms with Crippen molar-refractivity contribution >= 4 is 27.5 Å². The Hall–Kier alpha value is -0.900. The van der Waals surface area contributed by atoms with Crippen LogP contribution in [0.15, 0.2) is 46.9 Å². The highest BCUT2D eigenvalue weighted by Crippen LogP contribution is 2.40. The van der Waals surface area contributed by atoms with Gasteiger partial charge in [0.15, 0.2) is 0 Å². The number of hydrogen-bond acceptors (Lipinski definition) is 1. The molecule has 1 nitrogen and oxygen atoms in total. The van der Waals surface area contributed by atoms with Gasteiger partial charge in [0, 0.05) is 22.0 Å². The fraction of sp³-hybridized carbons (Fsp3) is 0.294. The topological polar surface area (TPSA) is 12.0 Å². The molecular weight excluding hydrogens is 353 g/mol. The van der Waals surface area contributed by atoms with Crippen molar-refractivity contribution in [1.29, 1.82) is 0 Å². The Balaban J connectivity index is 1.98. The minimum Gasteiger partial charge on any atom is -0.316 e. The lowest BCUT2D eigenvalue weighted by molar-refractivity contribution is 0.403. The van der Waals surface area contributed by atoms with Gasteiger partial charge in [0.2, 0.25) is 0 Å². The van der Waals surface area contributed by atoms with Crippen LogP contribution in [0, 0.1) is 5.82 Å². The van der Waals surface area contributed by atoms with E-state index in [1.165, 1.54) is 17.2 Å². The quantitative estimate of drug-likeness (QED) is 0.777. The molecule has 110 valence electrons. The second-order valence-electron chi connectivity index (χ2n) is 5.43. The van der Waals surface area contributed by atoms with Crippen molar-refractivity contribution in [2.24, 2.45) is 0 Å². The van der Waals surface area contributed by atoms with E-state index in [1.54, 1.807) is 6.07 Å². The molecule has 0 aliphatic carbocycles. The summed E-state index contributed by atoms with van der Waals surface area (Å²) in [5.74, 6) is 0.498. The Morgan fingerprint density at radius 3 is 2.76 bits per heavy atom. The highest BCUT2D eigenvalue weighted by Gasteiger charge is 2.29. The first-order chi connectivity index (χ1) is 10.1. The van der Waals surface area contributed by atoms with E-state index in [4.69, 9.17) is 11.6 Å². The number of rotatable bonds is 2. The number of hydrogen-bond donors (Lipinski definition) is 1. The van der Waals surface area contributed by atoms with Gasteiger partial charge in [-0.3, -0.25) is 0 Å². The standard InChI is InChI=1S/C17H16BrClFN/c18-17-9-13(20)4-5-15(17)14-6-7-21-10-16(14)11-2-1-3-12(19)8-11/h1-5,8-9,14,16,21H,6-7,10H2. The van der Waals surface area contributed by atoms with Gasteiger partial charge in [-0.1, -0.05) is 45.7 Å². The van der Waals surface area contributed by atoms with Gasteiger partial charge in [0.1, 0.15) is 5.82 Å². The first-order valence-electron chi connectivity index (χ1n) is 7.06. The molecule has 2 atom stereocenters. The highest BCUT2D eigenvalue weighted by atomic mass is 79.9. The number of nitrogens with one attached hydrogen (secondary N) is 1. The van der Waals surface area contributed by atoms with Crippen LogP contribution in [0.25, 0.3) is 0 Å². The molecule has 2 aromatic carbocycles. The van der Waals surface area contributed by atoms with Crippen molar-refractivity contribution < 1.29 is 4.39 Å². The molecular formula is C17H16BrClFN. The highest BCUT2D eigenvalue weighted by molar-refractivity contribution is 9.10. The zero-order valence-corrected chi connectivity index (χ0v) is 13.8. The molecule has 1 saturated heterocycles. The molecule has 1 fully saturated rings. The minimum absolute atomic E-state index is 0.209. The second-order valence-corrected chi connectivity index (χ2v) is 6.72. The summed E-state index contributed by atoms with van der Waals surface area (Å²) in [6.07, 6.45) is 1.03. The van der Waals surface area contributed by atoms with Crippen LogP contribution in [-0.2, 0) is 0 Å². The monoisotopic (exact) mass is 367 g/mol. The Kier molecular flexibility index (Phi) is 4.63. The van der Waals surface area contributed by atoms with Gasteiger partial charge in [-0.25, -0.2) is 4.39 Å². The molecule has 1 heterocycles. The molecule has 0 aromatic heterocycles. The summed E-state index contributed by atoms with van der Waals surface area (Å²) in [6.45, 7) is 1.89. The second kappa shape index (κ2) is 6.47. The molecule has 0 spiro atoms. The van der Waals surface area contributed by atoms with Gasteiger partial charge in [0.25, 0.3) is 0 Å². The summed E-state index contributed by atoms with van der Waals surface area (Å²) in [5, 5.41) is 4.21. The average Bonchev–Trinajstić information content (AvgIpc) is 2.47. The van der Waals surface area contributed by atoms with Crippen molar-refractivity contribution in [2.75, 3.05) is 13.1 Å². The van der Waals surface area contributed by atoms with Gasteiger partial charge in [-0.05, 0) is 54.3 Å². The SMILES string of the molecule is Fc1ccc(C2CCNCC2c2cccc(Cl)c2)c(Br)c1. The molecule has 21 heavy (non-hydrogen) atoms. The molecule has 0 radical (unpaired) electrons. The average molecular weight is 369 g/mol. The predicted octanol–water partition coefficient (Wildman–Crippen LogP) is 5.10. The van der Waals surface area contributed by atoms with Crippen LogP contribution < -0.4 is 5.32 Å². The van der Waals surface area contributed by atoms with Crippen molar-refractivity contribution in [1.82, 2.24) is 5.32 Å². The fourth-order valence-electron chi connectivity index (χ4n) is 3.12. The molecule has 1 aliphatic heterocycles. The summed E-state index contributed by atoms with van der Waals surface area (Å²) >= 11 is 9.64. The third kappa shape index (κ3) is 3.31. The zero-order valence-electron chi connectivity index (χ0n) is 11.5. The minimum atomic E-state index is -0.209. The molecule has 0 saturated carbocycles. The van der Waals surface area contributed by atoms with Crippen molar-refractivity contribution in [3.63, 3.8) is 0 Å². The predicted molar refractivity (Wildman–Crippen MR) is 88.5 cm³/mol. The van der Waals surface area contributed by atoms with E-state index in [9.17, 15) is 4.39 Å². The van der Waals surface area contributed by atoms with E-state index < -0.39 is 0 Å². The van der Waals surface area contributed by atoms with E-state index in [0.717, 1.165) is 29.0 Å². The molecule has 1 aliphatic rings. The van der Waals surface area contributed by atoms with Gasteiger partial charge in [-0.15, -0.1) is 0 Å². The lowest BCUT2D eigenvalue weighted by Gasteiger charge is -2.33. The summed E-state index contributed by atoms with van der Waals surface area (Å²) in [7, 11) is 0. The molecule has 0 bridgehead atoms. The molecule has 3 rings (SSSR count). The summed E-state index contributed by atoms with van der Waals surface area (Å²) in [4.78, 5) is 0. The zero-order chi connectivity index (χ0) is 14.8. The Labute approximate surface area is 137 Å². The number of benzene rings is 2.